The number of hydrogen-bond acceptors (Lipinski definition) is 4. The first-order chi connectivity index (χ1) is 7.22. The smallest absolute Gasteiger partial charge is 0.169 e. The molecular weight excluding hydrogens is 192 g/mol. The van der Waals surface area contributed by atoms with E-state index in [1.807, 2.05) is 31.2 Å². The molecule has 78 valence electrons. The number of nitrogens with two attached hydrogens (primary N) is 1. The molecule has 1 heterocycles. The fraction of sp³-hybridized carbons (Fsp3) is 0.200. The zero-order valence-electron chi connectivity index (χ0n) is 8.64. The molecule has 0 radical (unpaired) electrons. The van der Waals surface area contributed by atoms with Crippen LogP contribution in [0.1, 0.15) is 5.69 Å². The van der Waals surface area contributed by atoms with Crippen LogP contribution in [0.15, 0.2) is 24.3 Å². The van der Waals surface area contributed by atoms with Crippen molar-refractivity contribution in [1.29, 1.82) is 0 Å². The van der Waals surface area contributed by atoms with E-state index in [-0.39, 0.29) is 0 Å². The molecule has 15 heavy (non-hydrogen) atoms. The van der Waals surface area contributed by atoms with E-state index in [4.69, 9.17) is 10.5 Å². The van der Waals surface area contributed by atoms with Gasteiger partial charge < -0.3 is 10.5 Å². The molecule has 0 aliphatic rings. The Kier molecular flexibility index (Phi) is 2.29. The van der Waals surface area contributed by atoms with Crippen molar-refractivity contribution in [2.75, 3.05) is 12.8 Å². The second-order valence-corrected chi connectivity index (χ2v) is 3.17. The molecule has 5 heteroatoms. The number of nitrogen functional groups attached to an aromatic ring is 1. The quantitative estimate of drug-likeness (QED) is 0.797. The molecule has 2 N–H and O–H groups in total. The zero-order chi connectivity index (χ0) is 10.8. The summed E-state index contributed by atoms with van der Waals surface area (Å²) < 4.78 is 6.81. The Balaban J connectivity index is 2.49. The highest BCUT2D eigenvalue weighted by atomic mass is 16.5. The molecule has 0 bridgehead atoms. The summed E-state index contributed by atoms with van der Waals surface area (Å²) in [6.45, 7) is 1.87. The molecule has 0 saturated carbocycles. The van der Waals surface area contributed by atoms with Crippen molar-refractivity contribution in [1.82, 2.24) is 15.0 Å². The number of methoxy groups -OCH3 is 1. The van der Waals surface area contributed by atoms with E-state index in [1.165, 1.54) is 0 Å². The van der Waals surface area contributed by atoms with E-state index in [2.05, 4.69) is 10.3 Å². The maximum absolute atomic E-state index is 5.62. The molecule has 0 aliphatic heterocycles. The minimum absolute atomic E-state index is 0.442. The number of benzene rings is 1. The largest absolute Gasteiger partial charge is 0.497 e. The number of anilines is 1. The van der Waals surface area contributed by atoms with Gasteiger partial charge in [0.2, 0.25) is 0 Å². The minimum Gasteiger partial charge on any atom is -0.497 e. The molecule has 0 fully saturated rings. The number of rotatable bonds is 2. The molecule has 0 unspecified atom stereocenters. The maximum Gasteiger partial charge on any atom is 0.169 e. The number of ether oxygens (including phenoxy) is 1. The van der Waals surface area contributed by atoms with Gasteiger partial charge in [-0.3, -0.25) is 0 Å². The van der Waals surface area contributed by atoms with Crippen molar-refractivity contribution in [2.24, 2.45) is 0 Å². The molecule has 1 aromatic heterocycles. The first-order valence-electron chi connectivity index (χ1n) is 4.54. The standard InChI is InChI=1S/C10H12N4O/c1-7-10(11)12-13-14(7)8-4-3-5-9(6-8)15-2/h3-6H,11H2,1-2H3. The molecule has 0 spiro atoms. The number of hydrogen-bond donors (Lipinski definition) is 1. The Labute approximate surface area is 87.5 Å². The van der Waals surface area contributed by atoms with Gasteiger partial charge in [0.15, 0.2) is 5.82 Å². The summed E-state index contributed by atoms with van der Waals surface area (Å²) in [5.74, 6) is 1.22. The van der Waals surface area contributed by atoms with Crippen molar-refractivity contribution in [3.05, 3.63) is 30.0 Å². The Morgan fingerprint density at radius 2 is 2.20 bits per heavy atom. The van der Waals surface area contributed by atoms with Gasteiger partial charge in [0, 0.05) is 6.07 Å². The molecule has 0 amide bonds. The van der Waals surface area contributed by atoms with Crippen LogP contribution in [0.4, 0.5) is 5.82 Å². The monoisotopic (exact) mass is 204 g/mol. The summed E-state index contributed by atoms with van der Waals surface area (Å²) in [4.78, 5) is 0. The fourth-order valence-corrected chi connectivity index (χ4v) is 1.33. The molecule has 2 aromatic rings. The van der Waals surface area contributed by atoms with Crippen molar-refractivity contribution in [2.45, 2.75) is 6.92 Å². The lowest BCUT2D eigenvalue weighted by Gasteiger charge is -2.05. The summed E-state index contributed by atoms with van der Waals surface area (Å²) in [5.41, 5.74) is 7.33. The normalized spacial score (nSPS) is 10.3. The first-order valence-corrected chi connectivity index (χ1v) is 4.54. The highest BCUT2D eigenvalue weighted by Crippen LogP contribution is 2.18. The predicted molar refractivity (Wildman–Crippen MR) is 57.1 cm³/mol. The van der Waals surface area contributed by atoms with Crippen LogP contribution >= 0.6 is 0 Å². The SMILES string of the molecule is COc1cccc(-n2nnc(N)c2C)c1. The van der Waals surface area contributed by atoms with E-state index >= 15 is 0 Å². The predicted octanol–water partition coefficient (Wildman–Crippen LogP) is 1.17. The lowest BCUT2D eigenvalue weighted by molar-refractivity contribution is 0.414. The van der Waals surface area contributed by atoms with Crippen molar-refractivity contribution >= 4 is 5.82 Å². The van der Waals surface area contributed by atoms with Gasteiger partial charge >= 0.3 is 0 Å². The van der Waals surface area contributed by atoms with Crippen LogP contribution in [0, 0.1) is 6.92 Å². The van der Waals surface area contributed by atoms with Crippen molar-refractivity contribution < 1.29 is 4.74 Å². The Morgan fingerprint density at radius 1 is 1.40 bits per heavy atom. The van der Waals surface area contributed by atoms with Crippen LogP contribution in [0.2, 0.25) is 0 Å². The topological polar surface area (TPSA) is 66.0 Å². The summed E-state index contributed by atoms with van der Waals surface area (Å²) in [6.07, 6.45) is 0. The summed E-state index contributed by atoms with van der Waals surface area (Å²) >= 11 is 0. The summed E-state index contributed by atoms with van der Waals surface area (Å²) in [7, 11) is 1.63. The van der Waals surface area contributed by atoms with Crippen LogP contribution < -0.4 is 10.5 Å². The van der Waals surface area contributed by atoms with Gasteiger partial charge in [-0.05, 0) is 19.1 Å². The molecule has 2 rings (SSSR count). The highest BCUT2D eigenvalue weighted by Gasteiger charge is 2.07. The average molecular weight is 204 g/mol. The second kappa shape index (κ2) is 3.61. The molecule has 0 aliphatic carbocycles. The van der Waals surface area contributed by atoms with Crippen LogP contribution in [0.3, 0.4) is 0 Å². The highest BCUT2D eigenvalue weighted by molar-refractivity contribution is 5.43. The third-order valence-corrected chi connectivity index (χ3v) is 2.23. The lowest BCUT2D eigenvalue weighted by Crippen LogP contribution is -1.99. The van der Waals surface area contributed by atoms with Crippen LogP contribution in [-0.2, 0) is 0 Å². The molecule has 1 aromatic carbocycles. The van der Waals surface area contributed by atoms with Gasteiger partial charge in [0.1, 0.15) is 5.75 Å². The van der Waals surface area contributed by atoms with Gasteiger partial charge in [-0.1, -0.05) is 11.3 Å². The zero-order valence-corrected chi connectivity index (χ0v) is 8.64. The van der Waals surface area contributed by atoms with Gasteiger partial charge in [-0.25, -0.2) is 4.68 Å². The Hall–Kier alpha value is -2.04. The Morgan fingerprint density at radius 3 is 2.80 bits per heavy atom. The van der Waals surface area contributed by atoms with Gasteiger partial charge in [-0.2, -0.15) is 0 Å². The average Bonchev–Trinajstić information content (AvgIpc) is 2.60. The molecule has 0 atom stereocenters. The van der Waals surface area contributed by atoms with E-state index in [0.717, 1.165) is 17.1 Å². The second-order valence-electron chi connectivity index (χ2n) is 3.17. The lowest BCUT2D eigenvalue weighted by atomic mass is 10.3. The van der Waals surface area contributed by atoms with Gasteiger partial charge in [0.05, 0.1) is 18.5 Å². The maximum atomic E-state index is 5.62. The summed E-state index contributed by atoms with van der Waals surface area (Å²) in [5, 5.41) is 7.75. The fourth-order valence-electron chi connectivity index (χ4n) is 1.33. The number of nitrogens with zero attached hydrogens (tertiary/aromatic N) is 3. The molecular formula is C10H12N4O. The third kappa shape index (κ3) is 1.63. The van der Waals surface area contributed by atoms with E-state index in [9.17, 15) is 0 Å². The third-order valence-electron chi connectivity index (χ3n) is 2.23. The summed E-state index contributed by atoms with van der Waals surface area (Å²) in [6, 6.07) is 7.56. The molecule has 5 nitrogen and oxygen atoms in total. The first kappa shape index (κ1) is 9.51. The molecule has 0 saturated heterocycles. The van der Waals surface area contributed by atoms with Gasteiger partial charge in [0.25, 0.3) is 0 Å². The number of aromatic nitrogens is 3. The van der Waals surface area contributed by atoms with Crippen LogP contribution in [0.25, 0.3) is 5.69 Å². The van der Waals surface area contributed by atoms with Crippen LogP contribution in [-0.4, -0.2) is 22.1 Å². The van der Waals surface area contributed by atoms with E-state index < -0.39 is 0 Å². The van der Waals surface area contributed by atoms with Crippen molar-refractivity contribution in [3.63, 3.8) is 0 Å². The van der Waals surface area contributed by atoms with Gasteiger partial charge in [-0.15, -0.1) is 5.10 Å². The Bertz CT molecular complexity index is 478. The van der Waals surface area contributed by atoms with Crippen LogP contribution in [0.5, 0.6) is 5.75 Å². The van der Waals surface area contributed by atoms with E-state index in [1.54, 1.807) is 11.8 Å². The van der Waals surface area contributed by atoms with Crippen molar-refractivity contribution in [3.8, 4) is 11.4 Å². The van der Waals surface area contributed by atoms with E-state index in [0.29, 0.717) is 5.82 Å². The minimum atomic E-state index is 0.442.